The van der Waals surface area contributed by atoms with Crippen molar-refractivity contribution in [1.82, 2.24) is 20.0 Å². The molecule has 7 nitrogen and oxygen atoms in total. The number of aromatic hydroxyl groups is 1. The molecule has 2 aliphatic rings. The van der Waals surface area contributed by atoms with Gasteiger partial charge in [0.1, 0.15) is 0 Å². The van der Waals surface area contributed by atoms with Crippen molar-refractivity contribution < 1.29 is 14.3 Å². The van der Waals surface area contributed by atoms with Crippen LogP contribution in [0.1, 0.15) is 32.3 Å². The standard InChI is InChI=1S/C21H32FN5O2/c1-3-23-21(24-15-17-6-7-19(28)18(22)14-17)27-12-10-25(11-13-27)16(2)20(29)26-8-4-5-9-26/h6-7,14,16,28H,3-5,8-13,15H2,1-2H3,(H,23,24). The number of phenolic OH excluding ortho intramolecular Hbond substituents is 1. The number of amides is 1. The number of carbonyl (C=O) groups is 1. The third-order valence-electron chi connectivity index (χ3n) is 5.70. The third-order valence-corrected chi connectivity index (χ3v) is 5.70. The van der Waals surface area contributed by atoms with Gasteiger partial charge in [0.05, 0.1) is 12.6 Å². The van der Waals surface area contributed by atoms with E-state index in [0.29, 0.717) is 12.1 Å². The molecule has 0 aliphatic carbocycles. The van der Waals surface area contributed by atoms with Gasteiger partial charge in [-0.2, -0.15) is 0 Å². The van der Waals surface area contributed by atoms with Gasteiger partial charge in [0.15, 0.2) is 17.5 Å². The molecule has 1 atom stereocenters. The minimum atomic E-state index is -0.632. The maximum Gasteiger partial charge on any atom is 0.239 e. The summed E-state index contributed by atoms with van der Waals surface area (Å²) in [6.45, 7) is 10.1. The van der Waals surface area contributed by atoms with Crippen LogP contribution in [0.5, 0.6) is 5.75 Å². The predicted molar refractivity (Wildman–Crippen MR) is 111 cm³/mol. The molecule has 3 rings (SSSR count). The zero-order chi connectivity index (χ0) is 20.8. The molecule has 1 amide bonds. The van der Waals surface area contributed by atoms with Crippen LogP contribution in [0.15, 0.2) is 23.2 Å². The Morgan fingerprint density at radius 3 is 2.48 bits per heavy atom. The maximum atomic E-state index is 13.5. The van der Waals surface area contributed by atoms with E-state index in [1.807, 2.05) is 18.7 Å². The molecule has 8 heteroatoms. The summed E-state index contributed by atoms with van der Waals surface area (Å²) in [4.78, 5) is 23.7. The number of carbonyl (C=O) groups excluding carboxylic acids is 1. The Morgan fingerprint density at radius 1 is 1.17 bits per heavy atom. The molecular formula is C21H32FN5O2. The lowest BCUT2D eigenvalue weighted by molar-refractivity contribution is -0.135. The summed E-state index contributed by atoms with van der Waals surface area (Å²) in [7, 11) is 0. The monoisotopic (exact) mass is 405 g/mol. The molecule has 160 valence electrons. The maximum absolute atomic E-state index is 13.5. The molecule has 2 N–H and O–H groups in total. The van der Waals surface area contributed by atoms with E-state index in [1.54, 1.807) is 6.07 Å². The van der Waals surface area contributed by atoms with Crippen LogP contribution in [0, 0.1) is 5.82 Å². The van der Waals surface area contributed by atoms with Gasteiger partial charge >= 0.3 is 0 Å². The van der Waals surface area contributed by atoms with Gasteiger partial charge in [0, 0.05) is 45.8 Å². The number of hydrogen-bond donors (Lipinski definition) is 2. The van der Waals surface area contributed by atoms with Gasteiger partial charge in [-0.15, -0.1) is 0 Å². The summed E-state index contributed by atoms with van der Waals surface area (Å²) < 4.78 is 13.5. The molecule has 1 aromatic carbocycles. The first-order chi connectivity index (χ1) is 14.0. The summed E-state index contributed by atoms with van der Waals surface area (Å²) in [6, 6.07) is 4.25. The third kappa shape index (κ3) is 5.38. The smallest absolute Gasteiger partial charge is 0.239 e. The highest BCUT2D eigenvalue weighted by Crippen LogP contribution is 2.17. The highest BCUT2D eigenvalue weighted by molar-refractivity contribution is 5.82. The zero-order valence-electron chi connectivity index (χ0n) is 17.4. The fraction of sp³-hybridized carbons (Fsp3) is 0.619. The van der Waals surface area contributed by atoms with E-state index in [2.05, 4.69) is 20.1 Å². The molecule has 1 aromatic rings. The van der Waals surface area contributed by atoms with Crippen molar-refractivity contribution >= 4 is 11.9 Å². The summed E-state index contributed by atoms with van der Waals surface area (Å²) in [5, 5.41) is 12.6. The van der Waals surface area contributed by atoms with Crippen molar-refractivity contribution in [3.05, 3.63) is 29.6 Å². The van der Waals surface area contributed by atoms with E-state index in [1.165, 1.54) is 12.1 Å². The van der Waals surface area contributed by atoms with Crippen molar-refractivity contribution in [1.29, 1.82) is 0 Å². The highest BCUT2D eigenvalue weighted by atomic mass is 19.1. The average Bonchev–Trinajstić information content (AvgIpc) is 3.27. The fourth-order valence-corrected chi connectivity index (χ4v) is 3.92. The van der Waals surface area contributed by atoms with Crippen molar-refractivity contribution in [2.45, 2.75) is 39.3 Å². The average molecular weight is 406 g/mol. The number of likely N-dealkylation sites (tertiary alicyclic amines) is 1. The van der Waals surface area contributed by atoms with Crippen LogP contribution in [-0.2, 0) is 11.3 Å². The summed E-state index contributed by atoms with van der Waals surface area (Å²) in [5.41, 5.74) is 0.708. The number of aliphatic imine (C=N–C) groups is 1. The van der Waals surface area contributed by atoms with Crippen molar-refractivity contribution in [2.24, 2.45) is 4.99 Å². The van der Waals surface area contributed by atoms with Crippen molar-refractivity contribution in [3.63, 3.8) is 0 Å². The lowest BCUT2D eigenvalue weighted by Gasteiger charge is -2.39. The van der Waals surface area contributed by atoms with E-state index >= 15 is 0 Å². The van der Waals surface area contributed by atoms with E-state index in [4.69, 9.17) is 0 Å². The number of phenols is 1. The second-order valence-corrected chi connectivity index (χ2v) is 7.69. The van der Waals surface area contributed by atoms with Gasteiger partial charge in [-0.3, -0.25) is 9.69 Å². The molecule has 0 bridgehead atoms. The summed E-state index contributed by atoms with van der Waals surface area (Å²) >= 11 is 0. The number of halogens is 1. The molecule has 29 heavy (non-hydrogen) atoms. The molecular weight excluding hydrogens is 373 g/mol. The molecule has 2 heterocycles. The first-order valence-electron chi connectivity index (χ1n) is 10.5. The Labute approximate surface area is 172 Å². The number of benzene rings is 1. The number of nitrogens with zero attached hydrogens (tertiary/aromatic N) is 4. The molecule has 0 aromatic heterocycles. The van der Waals surface area contributed by atoms with Gasteiger partial charge < -0.3 is 20.2 Å². The molecule has 0 spiro atoms. The summed E-state index contributed by atoms with van der Waals surface area (Å²) in [6.07, 6.45) is 2.22. The molecule has 2 aliphatic heterocycles. The SMILES string of the molecule is CCNC(=NCc1ccc(O)c(F)c1)N1CCN(C(C)C(=O)N2CCCC2)CC1. The number of piperazine rings is 1. The number of guanidine groups is 1. The molecule has 1 unspecified atom stereocenters. The lowest BCUT2D eigenvalue weighted by Crippen LogP contribution is -2.57. The van der Waals surface area contributed by atoms with Crippen LogP contribution in [0.25, 0.3) is 0 Å². The van der Waals surface area contributed by atoms with Crippen LogP contribution in [0.2, 0.25) is 0 Å². The molecule has 0 radical (unpaired) electrons. The highest BCUT2D eigenvalue weighted by Gasteiger charge is 2.30. The van der Waals surface area contributed by atoms with Gasteiger partial charge in [-0.25, -0.2) is 9.38 Å². The Balaban J connectivity index is 1.57. The van der Waals surface area contributed by atoms with Crippen LogP contribution >= 0.6 is 0 Å². The molecule has 0 saturated carbocycles. The lowest BCUT2D eigenvalue weighted by atomic mass is 10.2. The van der Waals surface area contributed by atoms with Crippen LogP contribution < -0.4 is 5.32 Å². The second kappa shape index (κ2) is 9.91. The summed E-state index contributed by atoms with van der Waals surface area (Å²) in [5.74, 6) is 0.0522. The minimum absolute atomic E-state index is 0.0882. The Hall–Kier alpha value is -2.35. The van der Waals surface area contributed by atoms with E-state index in [0.717, 1.165) is 64.6 Å². The number of rotatable bonds is 5. The van der Waals surface area contributed by atoms with Gasteiger partial charge in [0.25, 0.3) is 0 Å². The Kier molecular flexibility index (Phi) is 7.30. The minimum Gasteiger partial charge on any atom is -0.505 e. The van der Waals surface area contributed by atoms with E-state index in [-0.39, 0.29) is 17.7 Å². The largest absolute Gasteiger partial charge is 0.505 e. The normalized spacial score (nSPS) is 19.5. The van der Waals surface area contributed by atoms with Gasteiger partial charge in [0.2, 0.25) is 5.91 Å². The van der Waals surface area contributed by atoms with Crippen LogP contribution in [-0.4, -0.2) is 83.5 Å². The van der Waals surface area contributed by atoms with E-state index < -0.39 is 5.82 Å². The zero-order valence-corrected chi connectivity index (χ0v) is 17.4. The van der Waals surface area contributed by atoms with Crippen LogP contribution in [0.3, 0.4) is 0 Å². The molecule has 2 fully saturated rings. The van der Waals surface area contributed by atoms with Crippen molar-refractivity contribution in [2.75, 3.05) is 45.8 Å². The predicted octanol–water partition coefficient (Wildman–Crippen LogP) is 1.63. The van der Waals surface area contributed by atoms with E-state index in [9.17, 15) is 14.3 Å². The number of hydrogen-bond acceptors (Lipinski definition) is 4. The van der Waals surface area contributed by atoms with Crippen LogP contribution in [0.4, 0.5) is 4.39 Å². The second-order valence-electron chi connectivity index (χ2n) is 7.69. The first kappa shape index (κ1) is 21.4. The quantitative estimate of drug-likeness (QED) is 0.576. The first-order valence-corrected chi connectivity index (χ1v) is 10.5. The van der Waals surface area contributed by atoms with Gasteiger partial charge in [-0.05, 0) is 44.4 Å². The van der Waals surface area contributed by atoms with Gasteiger partial charge in [-0.1, -0.05) is 6.07 Å². The topological polar surface area (TPSA) is 71.4 Å². The Bertz CT molecular complexity index is 728. The fourth-order valence-electron chi connectivity index (χ4n) is 3.92. The Morgan fingerprint density at radius 2 is 1.86 bits per heavy atom. The molecule has 2 saturated heterocycles. The number of nitrogens with one attached hydrogen (secondary N) is 1. The van der Waals surface area contributed by atoms with Crippen molar-refractivity contribution in [3.8, 4) is 5.75 Å².